The Bertz CT molecular complexity index is 1270. The number of carbonyl (C=O) groups excluding carboxylic acids is 3. The number of aliphatic hydroxyl groups excluding tert-OH is 1. The molecule has 4 rings (SSSR count). The molecular formula is C37H55N3O5. The lowest BCUT2D eigenvalue weighted by Crippen LogP contribution is -2.61. The number of ether oxygens (including phenoxy) is 1. The van der Waals surface area contributed by atoms with Crippen molar-refractivity contribution in [2.24, 2.45) is 17.3 Å². The smallest absolute Gasteiger partial charge is 0.249 e. The van der Waals surface area contributed by atoms with Crippen molar-refractivity contribution in [2.75, 3.05) is 26.2 Å². The number of nitrogens with zero attached hydrogens (tertiary/aromatic N) is 3. The van der Waals surface area contributed by atoms with Gasteiger partial charge in [0.15, 0.2) is 0 Å². The van der Waals surface area contributed by atoms with Crippen molar-refractivity contribution in [2.45, 2.75) is 109 Å². The van der Waals surface area contributed by atoms with E-state index in [0.717, 1.165) is 12.0 Å². The summed E-state index contributed by atoms with van der Waals surface area (Å²) in [6.45, 7) is 23.3. The molecule has 0 aromatic heterocycles. The molecule has 1 aromatic carbocycles. The number of carbonyl (C=O) groups is 3. The minimum absolute atomic E-state index is 0.0765. The molecular weight excluding hydrogens is 566 g/mol. The Labute approximate surface area is 270 Å². The van der Waals surface area contributed by atoms with Crippen LogP contribution in [0.1, 0.15) is 92.2 Å². The number of rotatable bonds is 14. The lowest BCUT2D eigenvalue weighted by molar-refractivity contribution is -0.161. The molecule has 0 aliphatic carbocycles. The molecule has 3 heterocycles. The molecule has 6 atom stereocenters. The first-order valence-corrected chi connectivity index (χ1v) is 16.7. The SMILES string of the molecule is C=CCN(CCC)C(=O)[C@H]1[C@H]2C(=O)N([C@H](CO)c3ccccc3)C(C(=O)N(CC=C)C(C)(C)CC(C)(C)C)C23CC[C@]1(CC)O3. The van der Waals surface area contributed by atoms with Crippen LogP contribution in [0.25, 0.3) is 0 Å². The molecule has 3 amide bonds. The highest BCUT2D eigenvalue weighted by Crippen LogP contribution is 2.65. The number of aliphatic hydroxyl groups is 1. The summed E-state index contributed by atoms with van der Waals surface area (Å²) in [5, 5.41) is 10.9. The number of amides is 3. The number of hydrogen-bond donors (Lipinski definition) is 1. The molecule has 248 valence electrons. The van der Waals surface area contributed by atoms with Crippen LogP contribution < -0.4 is 0 Å². The van der Waals surface area contributed by atoms with Crippen LogP contribution in [0, 0.1) is 17.3 Å². The van der Waals surface area contributed by atoms with Crippen molar-refractivity contribution in [3.63, 3.8) is 0 Å². The third-order valence-electron chi connectivity index (χ3n) is 10.2. The Hall–Kier alpha value is -2.97. The van der Waals surface area contributed by atoms with E-state index in [-0.39, 0.29) is 29.7 Å². The molecule has 0 saturated carbocycles. The lowest BCUT2D eigenvalue weighted by atomic mass is 9.64. The van der Waals surface area contributed by atoms with Gasteiger partial charge in [0.1, 0.15) is 11.6 Å². The quantitative estimate of drug-likeness (QED) is 0.276. The monoisotopic (exact) mass is 621 g/mol. The Morgan fingerprint density at radius 2 is 1.71 bits per heavy atom. The fraction of sp³-hybridized carbons (Fsp3) is 0.649. The Balaban J connectivity index is 1.92. The first-order valence-electron chi connectivity index (χ1n) is 16.7. The van der Waals surface area contributed by atoms with E-state index in [4.69, 9.17) is 4.74 Å². The van der Waals surface area contributed by atoms with E-state index in [1.54, 1.807) is 22.0 Å². The molecule has 3 fully saturated rings. The van der Waals surface area contributed by atoms with Gasteiger partial charge in [0.25, 0.3) is 0 Å². The van der Waals surface area contributed by atoms with Gasteiger partial charge in [0.2, 0.25) is 17.7 Å². The average Bonchev–Trinajstić information content (AvgIpc) is 3.58. The van der Waals surface area contributed by atoms with Crippen molar-refractivity contribution in [3.05, 3.63) is 61.2 Å². The number of benzene rings is 1. The van der Waals surface area contributed by atoms with Crippen LogP contribution in [0.5, 0.6) is 0 Å². The average molecular weight is 622 g/mol. The highest BCUT2D eigenvalue weighted by Gasteiger charge is 2.79. The van der Waals surface area contributed by atoms with E-state index in [1.165, 1.54) is 0 Å². The molecule has 0 radical (unpaired) electrons. The van der Waals surface area contributed by atoms with Gasteiger partial charge in [0, 0.05) is 25.2 Å². The summed E-state index contributed by atoms with van der Waals surface area (Å²) in [7, 11) is 0. The van der Waals surface area contributed by atoms with Gasteiger partial charge in [-0.25, -0.2) is 0 Å². The maximum atomic E-state index is 15.2. The second-order valence-corrected chi connectivity index (χ2v) is 15.0. The molecule has 3 saturated heterocycles. The molecule has 1 spiro atoms. The van der Waals surface area contributed by atoms with Crippen molar-refractivity contribution in [3.8, 4) is 0 Å². The second-order valence-electron chi connectivity index (χ2n) is 15.0. The zero-order valence-corrected chi connectivity index (χ0v) is 28.6. The maximum absolute atomic E-state index is 15.2. The van der Waals surface area contributed by atoms with Gasteiger partial charge in [0.05, 0.1) is 30.1 Å². The van der Waals surface area contributed by atoms with Crippen LogP contribution in [0.2, 0.25) is 0 Å². The van der Waals surface area contributed by atoms with E-state index in [2.05, 4.69) is 47.8 Å². The highest BCUT2D eigenvalue weighted by atomic mass is 16.5. The van der Waals surface area contributed by atoms with Crippen LogP contribution in [-0.2, 0) is 19.1 Å². The Morgan fingerprint density at radius 3 is 2.24 bits per heavy atom. The van der Waals surface area contributed by atoms with Crippen LogP contribution >= 0.6 is 0 Å². The molecule has 8 heteroatoms. The Kier molecular flexibility index (Phi) is 10.1. The minimum Gasteiger partial charge on any atom is -0.394 e. The van der Waals surface area contributed by atoms with Crippen LogP contribution in [0.15, 0.2) is 55.6 Å². The summed E-state index contributed by atoms with van der Waals surface area (Å²) in [5.74, 6) is -2.23. The summed E-state index contributed by atoms with van der Waals surface area (Å²) in [6.07, 6.45) is 6.54. The normalized spacial score (nSPS) is 28.1. The van der Waals surface area contributed by atoms with E-state index in [0.29, 0.717) is 45.3 Å². The summed E-state index contributed by atoms with van der Waals surface area (Å²) in [4.78, 5) is 49.9. The van der Waals surface area contributed by atoms with Gasteiger partial charge in [-0.05, 0) is 56.9 Å². The number of fused-ring (bicyclic) bond motifs is 1. The van der Waals surface area contributed by atoms with Gasteiger partial charge >= 0.3 is 0 Å². The van der Waals surface area contributed by atoms with Gasteiger partial charge < -0.3 is 24.5 Å². The molecule has 1 N–H and O–H groups in total. The Morgan fingerprint density at radius 1 is 1.07 bits per heavy atom. The predicted molar refractivity (Wildman–Crippen MR) is 177 cm³/mol. The largest absolute Gasteiger partial charge is 0.394 e. The minimum atomic E-state index is -1.20. The molecule has 8 nitrogen and oxygen atoms in total. The van der Waals surface area contributed by atoms with Gasteiger partial charge in [-0.3, -0.25) is 14.4 Å². The van der Waals surface area contributed by atoms with E-state index in [1.807, 2.05) is 49.1 Å². The zero-order chi connectivity index (χ0) is 33.4. The maximum Gasteiger partial charge on any atom is 0.249 e. The van der Waals surface area contributed by atoms with Crippen molar-refractivity contribution >= 4 is 17.7 Å². The van der Waals surface area contributed by atoms with E-state index < -0.39 is 40.7 Å². The summed E-state index contributed by atoms with van der Waals surface area (Å²) < 4.78 is 7.08. The zero-order valence-electron chi connectivity index (χ0n) is 28.6. The standard InChI is InChI=1S/C37H55N3O5/c1-10-21-38(22-11-2)31(42)28-29-32(43)40(27(24-41)26-17-15-14-16-18-26)30(37(29)20-19-36(28,13-4)45-37)33(44)39(23-12-3)35(8,9)25-34(5,6)7/h10,12,14-18,27-30,41H,1,3,11,13,19-25H2,2,4-9H3/t27-,28-,29+,30?,36+,37?/m1/s1. The van der Waals surface area contributed by atoms with Crippen LogP contribution in [-0.4, -0.2) is 86.6 Å². The molecule has 45 heavy (non-hydrogen) atoms. The lowest BCUT2D eigenvalue weighted by Gasteiger charge is -2.46. The van der Waals surface area contributed by atoms with Crippen molar-refractivity contribution < 1.29 is 24.2 Å². The van der Waals surface area contributed by atoms with E-state index >= 15 is 4.79 Å². The van der Waals surface area contributed by atoms with Crippen LogP contribution in [0.4, 0.5) is 0 Å². The fourth-order valence-electron chi connectivity index (χ4n) is 8.90. The second kappa shape index (κ2) is 13.0. The first-order chi connectivity index (χ1) is 21.2. The topological polar surface area (TPSA) is 90.4 Å². The molecule has 2 unspecified atom stereocenters. The molecule has 2 bridgehead atoms. The number of hydrogen-bond acceptors (Lipinski definition) is 5. The predicted octanol–water partition coefficient (Wildman–Crippen LogP) is 5.53. The first kappa shape index (κ1) is 34.9. The highest BCUT2D eigenvalue weighted by molar-refractivity contribution is 5.99. The van der Waals surface area contributed by atoms with Crippen molar-refractivity contribution in [1.29, 1.82) is 0 Å². The van der Waals surface area contributed by atoms with Crippen LogP contribution in [0.3, 0.4) is 0 Å². The third kappa shape index (κ3) is 6.00. The van der Waals surface area contributed by atoms with Gasteiger partial charge in [-0.1, -0.05) is 77.1 Å². The number of likely N-dealkylation sites (tertiary alicyclic amines) is 1. The van der Waals surface area contributed by atoms with E-state index in [9.17, 15) is 14.7 Å². The molecule has 3 aliphatic heterocycles. The van der Waals surface area contributed by atoms with Gasteiger partial charge in [-0.2, -0.15) is 0 Å². The summed E-state index contributed by atoms with van der Waals surface area (Å²) in [6, 6.07) is 7.55. The van der Waals surface area contributed by atoms with Gasteiger partial charge in [-0.15, -0.1) is 13.2 Å². The third-order valence-corrected chi connectivity index (χ3v) is 10.2. The van der Waals surface area contributed by atoms with Crippen molar-refractivity contribution in [1.82, 2.24) is 14.7 Å². The molecule has 3 aliphatic rings. The fourth-order valence-corrected chi connectivity index (χ4v) is 8.90. The summed E-state index contributed by atoms with van der Waals surface area (Å²) in [5.41, 5.74) is -1.97. The summed E-state index contributed by atoms with van der Waals surface area (Å²) >= 11 is 0. The molecule has 1 aromatic rings.